The Balaban J connectivity index is 1.85. The number of carbonyl (C=O) groups is 1. The number of aryl methyl sites for hydroxylation is 1. The van der Waals surface area contributed by atoms with Gasteiger partial charge in [0, 0.05) is 12.2 Å². The molecule has 6 nitrogen and oxygen atoms in total. The number of benzene rings is 1. The summed E-state index contributed by atoms with van der Waals surface area (Å²) < 4.78 is 1.59. The number of H-pyrrole nitrogens is 1. The van der Waals surface area contributed by atoms with Crippen LogP contribution in [0, 0.1) is 0 Å². The van der Waals surface area contributed by atoms with Crippen LogP contribution in [-0.4, -0.2) is 26.4 Å². The van der Waals surface area contributed by atoms with Crippen molar-refractivity contribution in [2.24, 2.45) is 0 Å². The van der Waals surface area contributed by atoms with Crippen molar-refractivity contribution < 1.29 is 4.79 Å². The topological polar surface area (TPSA) is 79.8 Å². The van der Waals surface area contributed by atoms with E-state index in [1.54, 1.807) is 4.57 Å². The largest absolute Gasteiger partial charge is 0.343 e. The third kappa shape index (κ3) is 6.08. The Morgan fingerprint density at radius 1 is 1.20 bits per heavy atom. The third-order valence-electron chi connectivity index (χ3n) is 3.85. The number of hydrogen-bond donors (Lipinski definition) is 2. The van der Waals surface area contributed by atoms with Gasteiger partial charge in [0.05, 0.1) is 5.75 Å². The number of aromatic amines is 1. The van der Waals surface area contributed by atoms with E-state index in [0.29, 0.717) is 11.7 Å². The van der Waals surface area contributed by atoms with Gasteiger partial charge in [0.2, 0.25) is 5.91 Å². The number of amides is 1. The molecule has 1 aromatic carbocycles. The fourth-order valence-electron chi connectivity index (χ4n) is 2.39. The van der Waals surface area contributed by atoms with Gasteiger partial charge >= 0.3 is 5.69 Å². The van der Waals surface area contributed by atoms with Gasteiger partial charge in [-0.05, 0) is 37.0 Å². The lowest BCUT2D eigenvalue weighted by molar-refractivity contribution is -0.113. The van der Waals surface area contributed by atoms with E-state index in [9.17, 15) is 9.59 Å². The maximum Gasteiger partial charge on any atom is 0.343 e. The molecule has 0 aliphatic carbocycles. The summed E-state index contributed by atoms with van der Waals surface area (Å²) >= 11 is 1.27. The first-order chi connectivity index (χ1) is 12.1. The van der Waals surface area contributed by atoms with Crippen LogP contribution in [0.25, 0.3) is 0 Å². The molecule has 7 heteroatoms. The van der Waals surface area contributed by atoms with Gasteiger partial charge < -0.3 is 5.32 Å². The molecular weight excluding hydrogens is 336 g/mol. The summed E-state index contributed by atoms with van der Waals surface area (Å²) in [5.41, 5.74) is 1.85. The Morgan fingerprint density at radius 2 is 1.92 bits per heavy atom. The summed E-state index contributed by atoms with van der Waals surface area (Å²) in [5, 5.41) is 9.88. The van der Waals surface area contributed by atoms with Gasteiger partial charge in [0.15, 0.2) is 5.16 Å². The highest BCUT2D eigenvalue weighted by Gasteiger charge is 2.11. The Bertz CT molecular complexity index is 721. The molecule has 1 heterocycles. The predicted octanol–water partition coefficient (Wildman–Crippen LogP) is 3.44. The minimum absolute atomic E-state index is 0.108. The van der Waals surface area contributed by atoms with Crippen LogP contribution in [0.5, 0.6) is 0 Å². The van der Waals surface area contributed by atoms with Crippen molar-refractivity contribution in [1.82, 2.24) is 14.8 Å². The fraction of sp³-hybridized carbons (Fsp3) is 0.500. The number of nitrogens with zero attached hydrogens (tertiary/aromatic N) is 2. The highest BCUT2D eigenvalue weighted by atomic mass is 32.2. The van der Waals surface area contributed by atoms with Gasteiger partial charge in [0.25, 0.3) is 0 Å². The smallest absolute Gasteiger partial charge is 0.325 e. The van der Waals surface area contributed by atoms with Crippen molar-refractivity contribution in [2.75, 3.05) is 11.1 Å². The summed E-state index contributed by atoms with van der Waals surface area (Å²) in [4.78, 5) is 23.8. The van der Waals surface area contributed by atoms with Crippen molar-refractivity contribution in [3.05, 3.63) is 40.3 Å². The van der Waals surface area contributed by atoms with Crippen LogP contribution in [-0.2, 0) is 17.8 Å². The van der Waals surface area contributed by atoms with Crippen LogP contribution in [0.2, 0.25) is 0 Å². The van der Waals surface area contributed by atoms with E-state index in [1.807, 2.05) is 12.1 Å². The zero-order chi connectivity index (χ0) is 18.1. The monoisotopic (exact) mass is 362 g/mol. The highest BCUT2D eigenvalue weighted by molar-refractivity contribution is 7.99. The number of hydrogen-bond acceptors (Lipinski definition) is 4. The summed E-state index contributed by atoms with van der Waals surface area (Å²) in [6.45, 7) is 4.86. The molecule has 0 fully saturated rings. The molecule has 2 rings (SSSR count). The number of unbranched alkanes of at least 4 members (excludes halogenated alkanes) is 2. The number of aromatic nitrogens is 3. The second kappa shape index (κ2) is 10.1. The van der Waals surface area contributed by atoms with Crippen LogP contribution in [0.1, 0.15) is 45.1 Å². The maximum absolute atomic E-state index is 12.1. The van der Waals surface area contributed by atoms with E-state index in [2.05, 4.69) is 41.5 Å². The lowest BCUT2D eigenvalue weighted by Gasteiger charge is -2.07. The van der Waals surface area contributed by atoms with E-state index in [-0.39, 0.29) is 17.3 Å². The van der Waals surface area contributed by atoms with E-state index in [4.69, 9.17) is 0 Å². The van der Waals surface area contributed by atoms with Gasteiger partial charge in [-0.1, -0.05) is 50.6 Å². The molecule has 0 radical (unpaired) electrons. The van der Waals surface area contributed by atoms with Crippen molar-refractivity contribution in [2.45, 2.75) is 57.7 Å². The first-order valence-corrected chi connectivity index (χ1v) is 9.79. The molecule has 136 valence electrons. The number of carbonyl (C=O) groups excluding carboxylic acids is 1. The van der Waals surface area contributed by atoms with Crippen LogP contribution >= 0.6 is 11.8 Å². The molecule has 1 amide bonds. The van der Waals surface area contributed by atoms with Crippen LogP contribution < -0.4 is 11.0 Å². The van der Waals surface area contributed by atoms with Gasteiger partial charge in [-0.2, -0.15) is 0 Å². The van der Waals surface area contributed by atoms with Gasteiger partial charge in [-0.3, -0.25) is 9.36 Å². The molecule has 0 aliphatic heterocycles. The number of nitrogens with one attached hydrogen (secondary N) is 2. The minimum Gasteiger partial charge on any atom is -0.325 e. The molecular formula is C18H26N4O2S. The Morgan fingerprint density at radius 3 is 2.60 bits per heavy atom. The lowest BCUT2D eigenvalue weighted by Crippen LogP contribution is -2.19. The second-order valence-corrected chi connectivity index (χ2v) is 6.90. The fourth-order valence-corrected chi connectivity index (χ4v) is 3.16. The van der Waals surface area contributed by atoms with Crippen LogP contribution in [0.4, 0.5) is 5.69 Å². The van der Waals surface area contributed by atoms with E-state index >= 15 is 0 Å². The number of thioether (sulfide) groups is 1. The predicted molar refractivity (Wildman–Crippen MR) is 102 cm³/mol. The highest BCUT2D eigenvalue weighted by Crippen LogP contribution is 2.16. The summed E-state index contributed by atoms with van der Waals surface area (Å²) in [6.07, 6.45) is 5.31. The van der Waals surface area contributed by atoms with E-state index in [0.717, 1.165) is 24.9 Å². The Kier molecular flexibility index (Phi) is 7.78. The molecule has 0 spiro atoms. The average Bonchev–Trinajstić information content (AvgIpc) is 2.97. The van der Waals surface area contributed by atoms with Gasteiger partial charge in [-0.15, -0.1) is 5.10 Å². The standard InChI is InChI=1S/C18H26N4O2S/c1-3-5-7-14-8-10-15(11-9-14)19-16(23)13-25-18-21-20-17(24)22(18)12-6-4-2/h8-11H,3-7,12-13H2,1-2H3,(H,19,23)(H,20,24). The molecule has 25 heavy (non-hydrogen) atoms. The SMILES string of the molecule is CCCCc1ccc(NC(=O)CSc2n[nH]c(=O)n2CCCC)cc1. The van der Waals surface area contributed by atoms with Crippen molar-refractivity contribution in [3.63, 3.8) is 0 Å². The van der Waals surface area contributed by atoms with Crippen LogP contribution in [0.3, 0.4) is 0 Å². The van der Waals surface area contributed by atoms with Gasteiger partial charge in [-0.25, -0.2) is 9.89 Å². The molecule has 0 aliphatic rings. The maximum atomic E-state index is 12.1. The molecule has 0 bridgehead atoms. The minimum atomic E-state index is -0.223. The number of rotatable bonds is 10. The molecule has 0 atom stereocenters. The summed E-state index contributed by atoms with van der Waals surface area (Å²) in [5.74, 6) is 0.109. The first kappa shape index (κ1) is 19.3. The molecule has 0 saturated heterocycles. The Hall–Kier alpha value is -2.02. The van der Waals surface area contributed by atoms with Crippen molar-refractivity contribution in [1.29, 1.82) is 0 Å². The van der Waals surface area contributed by atoms with Crippen LogP contribution in [0.15, 0.2) is 34.2 Å². The Labute approximate surface area is 152 Å². The van der Waals surface area contributed by atoms with Gasteiger partial charge in [0.1, 0.15) is 0 Å². The zero-order valence-corrected chi connectivity index (χ0v) is 15.7. The molecule has 2 N–H and O–H groups in total. The van der Waals surface area contributed by atoms with E-state index in [1.165, 1.54) is 30.2 Å². The second-order valence-electron chi connectivity index (χ2n) is 5.95. The quantitative estimate of drug-likeness (QED) is 0.635. The average molecular weight is 362 g/mol. The van der Waals surface area contributed by atoms with Crippen molar-refractivity contribution >= 4 is 23.4 Å². The number of anilines is 1. The summed E-state index contributed by atoms with van der Waals surface area (Å²) in [7, 11) is 0. The van der Waals surface area contributed by atoms with E-state index < -0.39 is 0 Å². The lowest BCUT2D eigenvalue weighted by atomic mass is 10.1. The first-order valence-electron chi connectivity index (χ1n) is 8.80. The third-order valence-corrected chi connectivity index (χ3v) is 4.82. The molecule has 0 saturated carbocycles. The molecule has 2 aromatic rings. The molecule has 0 unspecified atom stereocenters. The van der Waals surface area contributed by atoms with Crippen molar-refractivity contribution in [3.8, 4) is 0 Å². The zero-order valence-electron chi connectivity index (χ0n) is 14.9. The normalized spacial score (nSPS) is 10.8. The summed E-state index contributed by atoms with van der Waals surface area (Å²) in [6, 6.07) is 7.96. The molecule has 1 aromatic heterocycles.